The van der Waals surface area contributed by atoms with Crippen molar-refractivity contribution in [3.63, 3.8) is 0 Å². The van der Waals surface area contributed by atoms with Crippen LogP contribution in [0.5, 0.6) is 0 Å². The molecule has 0 radical (unpaired) electrons. The molecule has 204 valence electrons. The van der Waals surface area contributed by atoms with E-state index in [1.165, 1.54) is 70.9 Å². The van der Waals surface area contributed by atoms with E-state index >= 15 is 0 Å². The van der Waals surface area contributed by atoms with Crippen LogP contribution in [0.25, 0.3) is 29.3 Å². The Balaban J connectivity index is 1.31. The second-order valence-electron chi connectivity index (χ2n) is 10.2. The number of thiophene rings is 4. The lowest BCUT2D eigenvalue weighted by Gasteiger charge is -2.28. The van der Waals surface area contributed by atoms with Crippen LogP contribution >= 0.6 is 45.3 Å². The molecule has 0 atom stereocenters. The van der Waals surface area contributed by atoms with Gasteiger partial charge in [0, 0.05) is 35.8 Å². The first kappa shape index (κ1) is 28.1. The number of sulfonamides is 1. The molecule has 0 fully saturated rings. The number of rotatable bonds is 13. The zero-order chi connectivity index (χ0) is 26.7. The van der Waals surface area contributed by atoms with Gasteiger partial charge in [0.25, 0.3) is 10.0 Å². The summed E-state index contributed by atoms with van der Waals surface area (Å²) in [7, 11) is -3.53. The molecule has 4 aromatic rings. The fourth-order valence-corrected chi connectivity index (χ4v) is 11.7. The van der Waals surface area contributed by atoms with Crippen LogP contribution in [0.4, 0.5) is 5.69 Å². The maximum Gasteiger partial charge on any atom is 0.265 e. The molecule has 0 amide bonds. The fourth-order valence-electron chi connectivity index (χ4n) is 5.09. The Kier molecular flexibility index (Phi) is 9.15. The van der Waals surface area contributed by atoms with Crippen LogP contribution in [-0.4, -0.2) is 15.0 Å². The normalized spacial score (nSPS) is 14.1. The number of anilines is 1. The van der Waals surface area contributed by atoms with Gasteiger partial charge in [0.05, 0.1) is 15.4 Å². The molecule has 5 heterocycles. The molecule has 8 heteroatoms. The predicted octanol–water partition coefficient (Wildman–Crippen LogP) is 11.0. The summed E-state index contributed by atoms with van der Waals surface area (Å²) in [6, 6.07) is 12.7. The highest BCUT2D eigenvalue weighted by Crippen LogP contribution is 2.54. The third kappa shape index (κ3) is 5.99. The van der Waals surface area contributed by atoms with Gasteiger partial charge >= 0.3 is 0 Å². The number of hydrogen-bond acceptors (Lipinski definition) is 6. The molecule has 1 aliphatic rings. The Bertz CT molecular complexity index is 1470. The lowest BCUT2D eigenvalue weighted by molar-refractivity contribution is 0.555. The van der Waals surface area contributed by atoms with Crippen molar-refractivity contribution in [3.05, 3.63) is 46.2 Å². The maximum absolute atomic E-state index is 13.8. The lowest BCUT2D eigenvalue weighted by atomic mass is 10.1. The highest BCUT2D eigenvalue weighted by molar-refractivity contribution is 7.93. The third-order valence-corrected chi connectivity index (χ3v) is 13.9. The first-order valence-electron chi connectivity index (χ1n) is 13.8. The van der Waals surface area contributed by atoms with E-state index in [-0.39, 0.29) is 0 Å². The molecule has 4 aromatic heterocycles. The summed E-state index contributed by atoms with van der Waals surface area (Å²) in [5, 5.41) is 0. The van der Waals surface area contributed by atoms with Gasteiger partial charge in [0.15, 0.2) is 0 Å². The summed E-state index contributed by atoms with van der Waals surface area (Å²) in [6.45, 7) is 6.96. The van der Waals surface area contributed by atoms with Crippen LogP contribution in [0.15, 0.2) is 41.3 Å². The van der Waals surface area contributed by atoms with E-state index in [0.717, 1.165) is 38.0 Å². The van der Waals surface area contributed by atoms with E-state index in [9.17, 15) is 8.42 Å². The van der Waals surface area contributed by atoms with Gasteiger partial charge in [-0.3, -0.25) is 4.31 Å². The predicted molar refractivity (Wildman–Crippen MR) is 170 cm³/mol. The average Bonchev–Trinajstić information content (AvgIpc) is 3.67. The number of unbranched alkanes of at least 4 members (excludes halogenated alkanes) is 9. The molecule has 0 saturated heterocycles. The van der Waals surface area contributed by atoms with Crippen molar-refractivity contribution in [2.24, 2.45) is 0 Å². The topological polar surface area (TPSA) is 37.4 Å². The van der Waals surface area contributed by atoms with E-state index in [1.807, 2.05) is 24.3 Å². The first-order valence-corrected chi connectivity index (χ1v) is 18.5. The van der Waals surface area contributed by atoms with Crippen molar-refractivity contribution in [2.75, 3.05) is 10.8 Å². The number of nitrogens with zero attached hydrogens (tertiary/aromatic N) is 1. The molecule has 38 heavy (non-hydrogen) atoms. The Morgan fingerprint density at radius 3 is 1.89 bits per heavy atom. The van der Waals surface area contributed by atoms with Crippen LogP contribution < -0.4 is 4.31 Å². The van der Waals surface area contributed by atoms with Crippen LogP contribution in [0.3, 0.4) is 0 Å². The van der Waals surface area contributed by atoms with E-state index in [0.29, 0.717) is 11.4 Å². The van der Waals surface area contributed by atoms with Gasteiger partial charge in [0.1, 0.15) is 4.90 Å². The molecule has 0 aliphatic carbocycles. The Labute approximate surface area is 244 Å². The summed E-state index contributed by atoms with van der Waals surface area (Å²) >= 11 is 6.96. The van der Waals surface area contributed by atoms with Crippen LogP contribution in [0, 0.1) is 13.8 Å². The highest BCUT2D eigenvalue weighted by Gasteiger charge is 2.38. The highest BCUT2D eigenvalue weighted by atomic mass is 32.2. The van der Waals surface area contributed by atoms with Gasteiger partial charge in [-0.15, -0.1) is 45.3 Å². The second-order valence-corrected chi connectivity index (χ2v) is 16.7. The zero-order valence-corrected chi connectivity index (χ0v) is 26.6. The summed E-state index contributed by atoms with van der Waals surface area (Å²) in [6.07, 6.45) is 12.4. The summed E-state index contributed by atoms with van der Waals surface area (Å²) in [5.74, 6) is 0. The van der Waals surface area contributed by atoms with Crippen molar-refractivity contribution in [3.8, 4) is 29.3 Å². The quantitative estimate of drug-likeness (QED) is 0.143. The molecule has 0 bridgehead atoms. The molecular formula is C30H37NO2S5. The molecule has 0 N–H and O–H groups in total. The monoisotopic (exact) mass is 603 g/mol. The van der Waals surface area contributed by atoms with Crippen molar-refractivity contribution >= 4 is 61.1 Å². The molecule has 5 rings (SSSR count). The van der Waals surface area contributed by atoms with Crippen molar-refractivity contribution < 1.29 is 8.42 Å². The van der Waals surface area contributed by atoms with Crippen molar-refractivity contribution in [2.45, 2.75) is 89.9 Å². The van der Waals surface area contributed by atoms with Gasteiger partial charge in [-0.05, 0) is 56.7 Å². The fraction of sp³-hybridized carbons (Fsp3) is 0.467. The van der Waals surface area contributed by atoms with Gasteiger partial charge in [-0.1, -0.05) is 64.7 Å². The van der Waals surface area contributed by atoms with E-state index in [1.54, 1.807) is 38.3 Å². The minimum Gasteiger partial charge on any atom is -0.265 e. The Hall–Kier alpha value is -1.45. The molecule has 3 nitrogen and oxygen atoms in total. The second kappa shape index (κ2) is 12.4. The van der Waals surface area contributed by atoms with E-state index in [2.05, 4.69) is 44.2 Å². The molecule has 0 unspecified atom stereocenters. The standard InChI is InChI=1S/C30H37NO2S5/c1-4-5-6-7-8-9-10-11-12-13-18-31-23-20-27(26-17-16-25(36-26)24-15-14-21(2)34-24)37-29(23)30-28(38(31,32)33)19-22(3)35-30/h14-17,19-20H,4-13,18H2,1-3H3. The van der Waals surface area contributed by atoms with E-state index in [4.69, 9.17) is 0 Å². The summed E-state index contributed by atoms with van der Waals surface area (Å²) < 4.78 is 29.2. The lowest BCUT2D eigenvalue weighted by Crippen LogP contribution is -2.34. The first-order chi connectivity index (χ1) is 18.4. The Morgan fingerprint density at radius 2 is 1.24 bits per heavy atom. The summed E-state index contributed by atoms with van der Waals surface area (Å²) in [4.78, 5) is 9.80. The molecule has 0 saturated carbocycles. The minimum atomic E-state index is -3.53. The minimum absolute atomic E-state index is 0.494. The van der Waals surface area contributed by atoms with Gasteiger partial charge in [-0.25, -0.2) is 8.42 Å². The summed E-state index contributed by atoms with van der Waals surface area (Å²) in [5.41, 5.74) is 0.872. The smallest absolute Gasteiger partial charge is 0.265 e. The SMILES string of the molecule is CCCCCCCCCCCCN1c2cc(-c3ccc(-c4ccc(C)s4)s3)sc2-c2sc(C)cc2S1(=O)=O. The maximum atomic E-state index is 13.8. The molecule has 1 aliphatic heterocycles. The van der Waals surface area contributed by atoms with Crippen molar-refractivity contribution in [1.29, 1.82) is 0 Å². The molecular weight excluding hydrogens is 567 g/mol. The number of fused-ring (bicyclic) bond motifs is 3. The van der Waals surface area contributed by atoms with Crippen LogP contribution in [0.2, 0.25) is 0 Å². The number of hydrogen-bond donors (Lipinski definition) is 0. The zero-order valence-electron chi connectivity index (χ0n) is 22.5. The number of aryl methyl sites for hydroxylation is 2. The van der Waals surface area contributed by atoms with Gasteiger partial charge < -0.3 is 0 Å². The largest absolute Gasteiger partial charge is 0.265 e. The third-order valence-electron chi connectivity index (χ3n) is 7.12. The molecule has 0 spiro atoms. The Morgan fingerprint density at radius 1 is 0.632 bits per heavy atom. The molecule has 0 aromatic carbocycles. The van der Waals surface area contributed by atoms with Crippen LogP contribution in [-0.2, 0) is 10.0 Å². The van der Waals surface area contributed by atoms with Gasteiger partial charge in [-0.2, -0.15) is 0 Å². The average molecular weight is 604 g/mol. The van der Waals surface area contributed by atoms with Gasteiger partial charge in [0.2, 0.25) is 0 Å². The van der Waals surface area contributed by atoms with Crippen molar-refractivity contribution in [1.82, 2.24) is 0 Å². The van der Waals surface area contributed by atoms with Crippen LogP contribution in [0.1, 0.15) is 80.9 Å². The van der Waals surface area contributed by atoms with E-state index < -0.39 is 10.0 Å².